The zero-order chi connectivity index (χ0) is 44.2. The first-order chi connectivity index (χ1) is 28.6. The molecule has 6 heterocycles. The molecule has 2 fully saturated rings. The van der Waals surface area contributed by atoms with E-state index in [0.29, 0.717) is 10.8 Å². The molecular weight excluding hydrogens is 907 g/mol. The number of nitrogens with zero attached hydrogens (tertiary/aromatic N) is 5. The van der Waals surface area contributed by atoms with Gasteiger partial charge in [-0.25, -0.2) is 23.7 Å². The van der Waals surface area contributed by atoms with Crippen molar-refractivity contribution in [2.75, 3.05) is 31.3 Å². The lowest BCUT2D eigenvalue weighted by Gasteiger charge is -2.21. The van der Waals surface area contributed by atoms with Gasteiger partial charge in [-0.1, -0.05) is 11.6 Å². The van der Waals surface area contributed by atoms with E-state index in [4.69, 9.17) is 37.3 Å². The normalized spacial score (nSPS) is 27.3. The van der Waals surface area contributed by atoms with Crippen LogP contribution in [0, 0.1) is 0 Å². The Morgan fingerprint density at radius 2 is 1.38 bits per heavy atom. The number of rotatable bonds is 16. The number of H-pyrrole nitrogens is 2. The van der Waals surface area contributed by atoms with Crippen LogP contribution in [-0.2, 0) is 47.4 Å². The molecule has 2 saturated heterocycles. The van der Waals surface area contributed by atoms with Gasteiger partial charge in [-0.2, -0.15) is 13.6 Å². The van der Waals surface area contributed by atoms with Crippen molar-refractivity contribution in [3.05, 3.63) is 68.1 Å². The van der Waals surface area contributed by atoms with Crippen LogP contribution in [0.2, 0.25) is 5.02 Å². The highest BCUT2D eigenvalue weighted by molar-refractivity contribution is 7.66. The van der Waals surface area contributed by atoms with Crippen molar-refractivity contribution in [3.63, 3.8) is 0 Å². The van der Waals surface area contributed by atoms with Crippen LogP contribution in [-0.4, -0.2) is 126 Å². The summed E-state index contributed by atoms with van der Waals surface area (Å²) in [6, 6.07) is 6.48. The predicted octanol–water partition coefficient (Wildman–Crippen LogP) is -1.10. The van der Waals surface area contributed by atoms with Crippen LogP contribution in [0.15, 0.2) is 46.4 Å². The predicted molar refractivity (Wildman–Crippen MR) is 203 cm³/mol. The molecule has 61 heavy (non-hydrogen) atoms. The van der Waals surface area contributed by atoms with Gasteiger partial charge in [0.25, 0.3) is 11.1 Å². The number of aromatic nitrogens is 7. The third kappa shape index (κ3) is 9.75. The van der Waals surface area contributed by atoms with Crippen LogP contribution in [0.1, 0.15) is 17.9 Å². The van der Waals surface area contributed by atoms with E-state index < -0.39 is 96.8 Å². The number of aliphatic hydroxyl groups excluding tert-OH is 4. The Kier molecular flexibility index (Phi) is 12.7. The minimum atomic E-state index is -6.05. The SMILES string of the molecule is Nc1nc2c(ncn2[C@@H]2OC(COP(=O)(O)OP(=O)(O)OP(=O)(O)OC[C@H]3OC(c4cn(CCOc5ccc(Cl)cc5)c5c(=O)[nH]c(N)nc45)[C@H](O)[C@@H]3O)[C@@H](O)[C@H]2O)c(=O)[nH]1. The molecule has 5 unspecified atom stereocenters. The van der Waals surface area contributed by atoms with Crippen molar-refractivity contribution < 1.29 is 80.7 Å². The number of aliphatic hydroxyl groups is 4. The molecule has 32 heteroatoms. The first kappa shape index (κ1) is 44.9. The van der Waals surface area contributed by atoms with Crippen LogP contribution < -0.4 is 27.3 Å². The van der Waals surface area contributed by atoms with Crippen LogP contribution >= 0.6 is 35.1 Å². The van der Waals surface area contributed by atoms with Gasteiger partial charge in [0.1, 0.15) is 66.1 Å². The summed E-state index contributed by atoms with van der Waals surface area (Å²) < 4.78 is 74.7. The minimum Gasteiger partial charge on any atom is -0.492 e. The van der Waals surface area contributed by atoms with Crippen molar-refractivity contribution in [2.24, 2.45) is 0 Å². The molecule has 0 spiro atoms. The summed E-state index contributed by atoms with van der Waals surface area (Å²) >= 11 is 5.91. The number of ether oxygens (including phenoxy) is 3. The number of hydrogen-bond acceptors (Lipinski definition) is 21. The lowest BCUT2D eigenvalue weighted by molar-refractivity contribution is -0.0503. The Balaban J connectivity index is 0.952. The fourth-order valence-electron chi connectivity index (χ4n) is 6.45. The lowest BCUT2D eigenvalue weighted by atomic mass is 10.0. The number of nitrogens with two attached hydrogens (primary N) is 2. The number of benzene rings is 1. The molecule has 13 N–H and O–H groups in total. The molecule has 0 bridgehead atoms. The van der Waals surface area contributed by atoms with Crippen LogP contribution in [0.3, 0.4) is 0 Å². The molecule has 2 aliphatic heterocycles. The third-order valence-electron chi connectivity index (χ3n) is 9.13. The number of hydrogen-bond donors (Lipinski definition) is 11. The maximum atomic E-state index is 12.9. The standard InChI is InChI=1S/C29H35ClN9O19P3/c30-11-1-3-12(4-2-11)52-6-5-38-7-13(16-18(38)26(45)37-28(31)34-16)23-21(42)19(40)14(55-23)8-53-59(46,47)57-61(50,51)58-60(48,49)54-9-15-20(41)22(43)27(56-15)39-10-33-17-24(39)35-29(32)36-25(17)44/h1-4,7,10,14-15,19-23,27,40-43H,5-6,8-9H2,(H,46,47)(H,48,49)(H,50,51)(H3,31,34,37,45)(H3,32,35,36,44)/t14-,15?,19-,20-,21-,22-,23?,27-/m1/s1. The van der Waals surface area contributed by atoms with E-state index in [1.807, 2.05) is 0 Å². The van der Waals surface area contributed by atoms with Gasteiger partial charge < -0.3 is 65.4 Å². The molecule has 0 radical (unpaired) electrons. The Hall–Kier alpha value is -4.15. The van der Waals surface area contributed by atoms with Crippen molar-refractivity contribution in [1.29, 1.82) is 0 Å². The Morgan fingerprint density at radius 3 is 2.03 bits per heavy atom. The van der Waals surface area contributed by atoms with Gasteiger partial charge in [0.2, 0.25) is 11.9 Å². The summed E-state index contributed by atoms with van der Waals surface area (Å²) in [5.41, 5.74) is 9.58. The molecule has 0 aliphatic carbocycles. The zero-order valence-electron chi connectivity index (χ0n) is 30.6. The van der Waals surface area contributed by atoms with Crippen molar-refractivity contribution in [2.45, 2.75) is 55.5 Å². The van der Waals surface area contributed by atoms with Gasteiger partial charge in [0.15, 0.2) is 17.4 Å². The quantitative estimate of drug-likeness (QED) is 0.0523. The second kappa shape index (κ2) is 17.2. The number of nitrogens with one attached hydrogen (secondary N) is 2. The number of imidazole rings is 1. The van der Waals surface area contributed by atoms with Crippen LogP contribution in [0.25, 0.3) is 22.2 Å². The fraction of sp³-hybridized carbons (Fsp3) is 0.414. The van der Waals surface area contributed by atoms with Gasteiger partial charge in [0, 0.05) is 16.8 Å². The molecule has 332 valence electrons. The maximum Gasteiger partial charge on any atom is 0.490 e. The highest BCUT2D eigenvalue weighted by Gasteiger charge is 2.49. The monoisotopic (exact) mass is 941 g/mol. The molecule has 5 aromatic rings. The number of aromatic amines is 2. The van der Waals surface area contributed by atoms with E-state index in [1.54, 1.807) is 24.3 Å². The Bertz CT molecular complexity index is 2700. The first-order valence-electron chi connectivity index (χ1n) is 17.3. The third-order valence-corrected chi connectivity index (χ3v) is 13.6. The topological polar surface area (TPSA) is 424 Å². The first-order valence-corrected chi connectivity index (χ1v) is 22.2. The fourth-order valence-corrected chi connectivity index (χ4v) is 10.1. The molecule has 0 amide bonds. The van der Waals surface area contributed by atoms with E-state index >= 15 is 0 Å². The number of anilines is 2. The second-order valence-electron chi connectivity index (χ2n) is 13.3. The van der Waals surface area contributed by atoms with E-state index in [0.717, 1.165) is 10.9 Å². The van der Waals surface area contributed by atoms with Crippen molar-refractivity contribution in [1.82, 2.24) is 34.1 Å². The van der Waals surface area contributed by atoms with Gasteiger partial charge in [-0.15, -0.1) is 0 Å². The molecule has 1 aromatic carbocycles. The van der Waals surface area contributed by atoms with Gasteiger partial charge in [-0.05, 0) is 24.3 Å². The van der Waals surface area contributed by atoms with Crippen LogP contribution in [0.4, 0.5) is 11.9 Å². The number of nitrogen functional groups attached to an aromatic ring is 2. The van der Waals surface area contributed by atoms with E-state index in [9.17, 15) is 58.4 Å². The summed E-state index contributed by atoms with van der Waals surface area (Å²) in [7, 11) is -17.5. The highest BCUT2D eigenvalue weighted by Crippen LogP contribution is 2.68. The molecule has 0 saturated carbocycles. The molecule has 4 aromatic heterocycles. The largest absolute Gasteiger partial charge is 0.492 e. The molecular formula is C29H35ClN9O19P3. The van der Waals surface area contributed by atoms with Gasteiger partial charge in [-0.3, -0.25) is 33.2 Å². The average molecular weight is 942 g/mol. The number of halogens is 1. The lowest BCUT2D eigenvalue weighted by Crippen LogP contribution is -2.33. The van der Waals surface area contributed by atoms with E-state index in [1.165, 1.54) is 10.8 Å². The van der Waals surface area contributed by atoms with Crippen LogP contribution in [0.5, 0.6) is 5.75 Å². The molecule has 28 nitrogen and oxygen atoms in total. The second-order valence-corrected chi connectivity index (χ2v) is 18.4. The molecule has 2 aliphatic rings. The number of phosphoric ester groups is 2. The Labute approximate surface area is 344 Å². The smallest absolute Gasteiger partial charge is 0.490 e. The molecule has 7 rings (SSSR count). The van der Waals surface area contributed by atoms with Gasteiger partial charge >= 0.3 is 23.5 Å². The number of phosphoric acid groups is 3. The van der Waals surface area contributed by atoms with Gasteiger partial charge in [0.05, 0.1) is 26.1 Å². The minimum absolute atomic E-state index is 0.00896. The average Bonchev–Trinajstić information content (AvgIpc) is 3.89. The zero-order valence-corrected chi connectivity index (χ0v) is 34.0. The molecule has 11 atom stereocenters. The summed E-state index contributed by atoms with van der Waals surface area (Å²) in [6.45, 7) is -2.11. The summed E-state index contributed by atoms with van der Waals surface area (Å²) in [5.74, 6) is -0.136. The van der Waals surface area contributed by atoms with E-state index in [2.05, 4.69) is 42.6 Å². The van der Waals surface area contributed by atoms with E-state index in [-0.39, 0.29) is 52.8 Å². The highest BCUT2D eigenvalue weighted by atomic mass is 35.5. The number of fused-ring (bicyclic) bond motifs is 2. The maximum absolute atomic E-state index is 12.9. The van der Waals surface area contributed by atoms with Crippen molar-refractivity contribution >= 4 is 69.2 Å². The summed E-state index contributed by atoms with van der Waals surface area (Å²) in [5, 5.41) is 43.3. The van der Waals surface area contributed by atoms with Crippen molar-refractivity contribution in [3.8, 4) is 5.75 Å². The Morgan fingerprint density at radius 1 is 0.787 bits per heavy atom. The summed E-state index contributed by atoms with van der Waals surface area (Å²) in [4.78, 5) is 71.9. The summed E-state index contributed by atoms with van der Waals surface area (Å²) in [6.07, 6.45) is -11.1.